The van der Waals surface area contributed by atoms with E-state index in [-0.39, 0.29) is 29.8 Å². The highest BCUT2D eigenvalue weighted by Crippen LogP contribution is 2.28. The van der Waals surface area contributed by atoms with Crippen LogP contribution in [-0.4, -0.2) is 33.1 Å². The van der Waals surface area contributed by atoms with Crippen molar-refractivity contribution in [3.8, 4) is 0 Å². The number of nitrogens with one attached hydrogen (secondary N) is 2. The normalized spacial score (nSPS) is 11.9. The molecule has 9 heteroatoms. The highest BCUT2D eigenvalue weighted by Gasteiger charge is 2.22. The number of aromatic nitrogens is 2. The number of nitrogen functional groups attached to an aromatic ring is 1. The van der Waals surface area contributed by atoms with Crippen LogP contribution in [0.2, 0.25) is 0 Å². The van der Waals surface area contributed by atoms with E-state index in [0.29, 0.717) is 13.0 Å². The van der Waals surface area contributed by atoms with E-state index >= 15 is 0 Å². The van der Waals surface area contributed by atoms with Crippen molar-refractivity contribution in [3.05, 3.63) is 16.4 Å². The molecule has 0 radical (unpaired) electrons. The first-order valence-electron chi connectivity index (χ1n) is 6.44. The first-order valence-corrected chi connectivity index (χ1v) is 6.44. The molecular formula is C11H20N6O3. The van der Waals surface area contributed by atoms with Gasteiger partial charge in [-0.15, -0.1) is 0 Å². The van der Waals surface area contributed by atoms with Crippen molar-refractivity contribution in [1.82, 2.24) is 9.97 Å². The van der Waals surface area contributed by atoms with Crippen LogP contribution < -0.4 is 16.6 Å². The molecule has 0 fully saturated rings. The first-order chi connectivity index (χ1) is 9.63. The van der Waals surface area contributed by atoms with E-state index in [1.54, 1.807) is 0 Å². The summed E-state index contributed by atoms with van der Waals surface area (Å²) in [7, 11) is 0. The smallest absolute Gasteiger partial charge is 0.354 e. The first kappa shape index (κ1) is 16.1. The van der Waals surface area contributed by atoms with Crippen molar-refractivity contribution >= 4 is 17.3 Å². The van der Waals surface area contributed by atoms with Crippen LogP contribution in [0.5, 0.6) is 0 Å². The van der Waals surface area contributed by atoms with Crippen LogP contribution in [0.1, 0.15) is 26.2 Å². The van der Waals surface area contributed by atoms with E-state index in [4.69, 9.17) is 10.9 Å². The fourth-order valence-electron chi connectivity index (χ4n) is 1.97. The minimum atomic E-state index is -0.585. The second kappa shape index (κ2) is 8.23. The molecule has 0 spiro atoms. The summed E-state index contributed by atoms with van der Waals surface area (Å²) in [5.41, 5.74) is 1.90. The predicted molar refractivity (Wildman–Crippen MR) is 75.1 cm³/mol. The highest BCUT2D eigenvalue weighted by atomic mass is 16.6. The molecule has 5 N–H and O–H groups in total. The van der Waals surface area contributed by atoms with Gasteiger partial charge in [-0.05, 0) is 18.8 Å². The fourth-order valence-corrected chi connectivity index (χ4v) is 1.97. The molecule has 0 aliphatic carbocycles. The summed E-state index contributed by atoms with van der Waals surface area (Å²) in [4.78, 5) is 18.1. The topological polar surface area (TPSA) is 139 Å². The molecule has 9 nitrogen and oxygen atoms in total. The third-order valence-electron chi connectivity index (χ3n) is 2.93. The van der Waals surface area contributed by atoms with Crippen LogP contribution in [0, 0.1) is 16.0 Å². The Morgan fingerprint density at radius 1 is 1.45 bits per heavy atom. The Bertz CT molecular complexity index is 436. The van der Waals surface area contributed by atoms with E-state index < -0.39 is 4.92 Å². The lowest BCUT2D eigenvalue weighted by molar-refractivity contribution is -0.383. The molecule has 1 rings (SSSR count). The average molecular weight is 284 g/mol. The summed E-state index contributed by atoms with van der Waals surface area (Å²) in [6.45, 7) is 2.64. The third kappa shape index (κ3) is 4.28. The van der Waals surface area contributed by atoms with E-state index in [1.807, 2.05) is 6.92 Å². The minimum Gasteiger partial charge on any atom is -0.396 e. The van der Waals surface area contributed by atoms with Gasteiger partial charge in [0.15, 0.2) is 0 Å². The van der Waals surface area contributed by atoms with Gasteiger partial charge in [-0.2, -0.15) is 0 Å². The molecule has 0 amide bonds. The van der Waals surface area contributed by atoms with Crippen molar-refractivity contribution < 1.29 is 10.0 Å². The number of rotatable bonds is 9. The van der Waals surface area contributed by atoms with Gasteiger partial charge in [-0.3, -0.25) is 10.1 Å². The second-order valence-electron chi connectivity index (χ2n) is 4.37. The van der Waals surface area contributed by atoms with Gasteiger partial charge in [0.25, 0.3) is 0 Å². The molecule has 0 saturated carbocycles. The molecule has 1 atom stereocenters. The van der Waals surface area contributed by atoms with Gasteiger partial charge in [0, 0.05) is 13.2 Å². The Kier molecular flexibility index (Phi) is 6.60. The van der Waals surface area contributed by atoms with Gasteiger partial charge in [0.05, 0.1) is 4.92 Å². The number of nitro groups is 1. The summed E-state index contributed by atoms with van der Waals surface area (Å²) in [5, 5.41) is 23.0. The largest absolute Gasteiger partial charge is 0.396 e. The van der Waals surface area contributed by atoms with E-state index in [9.17, 15) is 10.1 Å². The van der Waals surface area contributed by atoms with Gasteiger partial charge >= 0.3 is 5.69 Å². The van der Waals surface area contributed by atoms with E-state index in [1.165, 1.54) is 6.33 Å². The van der Waals surface area contributed by atoms with E-state index in [2.05, 4.69) is 20.7 Å². The molecule has 1 aromatic heterocycles. The molecule has 20 heavy (non-hydrogen) atoms. The standard InChI is InChI=1S/C11H20N6O3/c1-2-3-8(4-5-18)6-13-10-9(17(19)20)11(16-12)15-7-14-10/h7-8,18H,2-6,12H2,1H3,(H2,13,14,15,16). The van der Waals surface area contributed by atoms with Gasteiger partial charge in [-0.1, -0.05) is 13.3 Å². The van der Waals surface area contributed by atoms with Gasteiger partial charge in [0.1, 0.15) is 6.33 Å². The van der Waals surface area contributed by atoms with Gasteiger partial charge in [0.2, 0.25) is 11.6 Å². The lowest BCUT2D eigenvalue weighted by atomic mass is 10.0. The van der Waals surface area contributed by atoms with Crippen LogP contribution in [0.3, 0.4) is 0 Å². The highest BCUT2D eigenvalue weighted by molar-refractivity contribution is 5.68. The Morgan fingerprint density at radius 3 is 2.70 bits per heavy atom. The molecule has 1 heterocycles. The van der Waals surface area contributed by atoms with Crippen LogP contribution in [0.4, 0.5) is 17.3 Å². The van der Waals surface area contributed by atoms with Crippen molar-refractivity contribution in [2.45, 2.75) is 26.2 Å². The Hall–Kier alpha value is -2.00. The van der Waals surface area contributed by atoms with E-state index in [0.717, 1.165) is 12.8 Å². The lowest BCUT2D eigenvalue weighted by Gasteiger charge is -2.16. The molecule has 0 aliphatic heterocycles. The Morgan fingerprint density at radius 2 is 2.15 bits per heavy atom. The number of hydrogen-bond donors (Lipinski definition) is 4. The molecule has 1 unspecified atom stereocenters. The van der Waals surface area contributed by atoms with Crippen molar-refractivity contribution in [1.29, 1.82) is 0 Å². The molecule has 0 saturated heterocycles. The number of aliphatic hydroxyl groups excluding tert-OH is 1. The Labute approximate surface area is 116 Å². The number of nitrogens with zero attached hydrogens (tertiary/aromatic N) is 3. The molecular weight excluding hydrogens is 264 g/mol. The molecule has 0 bridgehead atoms. The maximum Gasteiger partial charge on any atom is 0.354 e. The van der Waals surface area contributed by atoms with Crippen molar-refractivity contribution in [2.75, 3.05) is 23.9 Å². The Balaban J connectivity index is 2.83. The van der Waals surface area contributed by atoms with Crippen LogP contribution >= 0.6 is 0 Å². The molecule has 112 valence electrons. The van der Waals surface area contributed by atoms with Gasteiger partial charge < -0.3 is 15.8 Å². The number of hydrogen-bond acceptors (Lipinski definition) is 8. The maximum absolute atomic E-state index is 11.0. The van der Waals surface area contributed by atoms with Crippen LogP contribution in [0.15, 0.2) is 6.33 Å². The summed E-state index contributed by atoms with van der Waals surface area (Å²) < 4.78 is 0. The monoisotopic (exact) mass is 284 g/mol. The van der Waals surface area contributed by atoms with Gasteiger partial charge in [-0.25, -0.2) is 15.8 Å². The summed E-state index contributed by atoms with van der Waals surface area (Å²) in [6, 6.07) is 0. The SMILES string of the molecule is CCCC(CCO)CNc1ncnc(NN)c1[N+](=O)[O-]. The van der Waals surface area contributed by atoms with Crippen LogP contribution in [0.25, 0.3) is 0 Å². The number of hydrazine groups is 1. The van der Waals surface area contributed by atoms with Crippen molar-refractivity contribution in [2.24, 2.45) is 11.8 Å². The predicted octanol–water partition coefficient (Wildman–Crippen LogP) is 0.881. The lowest BCUT2D eigenvalue weighted by Crippen LogP contribution is -2.18. The zero-order chi connectivity index (χ0) is 15.0. The third-order valence-corrected chi connectivity index (χ3v) is 2.93. The number of nitrogens with two attached hydrogens (primary N) is 1. The summed E-state index contributed by atoms with van der Waals surface area (Å²) in [6.07, 6.45) is 3.75. The zero-order valence-electron chi connectivity index (χ0n) is 11.4. The fraction of sp³-hybridized carbons (Fsp3) is 0.636. The average Bonchev–Trinajstić information content (AvgIpc) is 2.44. The minimum absolute atomic E-state index is 0.0401. The number of anilines is 2. The molecule has 1 aromatic rings. The maximum atomic E-state index is 11.0. The molecule has 0 aliphatic rings. The quantitative estimate of drug-likeness (QED) is 0.297. The molecule has 0 aromatic carbocycles. The second-order valence-corrected chi connectivity index (χ2v) is 4.37. The number of aliphatic hydroxyl groups is 1. The zero-order valence-corrected chi connectivity index (χ0v) is 11.4. The summed E-state index contributed by atoms with van der Waals surface area (Å²) in [5.74, 6) is 5.52. The van der Waals surface area contributed by atoms with Crippen molar-refractivity contribution in [3.63, 3.8) is 0 Å². The summed E-state index contributed by atoms with van der Waals surface area (Å²) >= 11 is 0. The van der Waals surface area contributed by atoms with Crippen LogP contribution in [-0.2, 0) is 0 Å².